The molecule has 0 bridgehead atoms. The van der Waals surface area contributed by atoms with Crippen molar-refractivity contribution in [1.29, 1.82) is 0 Å². The topological polar surface area (TPSA) is 40.5 Å². The molecule has 0 radical (unpaired) electrons. The molecule has 0 aliphatic carbocycles. The minimum atomic E-state index is -0.676. The summed E-state index contributed by atoms with van der Waals surface area (Å²) >= 11 is 0. The highest BCUT2D eigenvalue weighted by molar-refractivity contribution is 5.73. The summed E-state index contributed by atoms with van der Waals surface area (Å²) in [6.45, 7) is 3.05. The Morgan fingerprint density at radius 3 is 2.78 bits per heavy atom. The fourth-order valence-corrected chi connectivity index (χ4v) is 2.90. The molecule has 1 aliphatic rings. The van der Waals surface area contributed by atoms with E-state index >= 15 is 0 Å². The third-order valence-corrected chi connectivity index (χ3v) is 3.73. The summed E-state index contributed by atoms with van der Waals surface area (Å²) in [5.74, 6) is -0.676. The van der Waals surface area contributed by atoms with Gasteiger partial charge in [-0.15, -0.1) is 0 Å². The lowest BCUT2D eigenvalue weighted by atomic mass is 10.00. The van der Waals surface area contributed by atoms with E-state index in [1.165, 1.54) is 5.56 Å². The van der Waals surface area contributed by atoms with Crippen molar-refractivity contribution in [2.45, 2.75) is 44.7 Å². The Morgan fingerprint density at radius 1 is 1.44 bits per heavy atom. The first-order valence-corrected chi connectivity index (χ1v) is 6.77. The molecule has 1 heterocycles. The van der Waals surface area contributed by atoms with Gasteiger partial charge in [-0.05, 0) is 31.4 Å². The average Bonchev–Trinajstić information content (AvgIpc) is 2.86. The number of benzene rings is 1. The summed E-state index contributed by atoms with van der Waals surface area (Å²) in [5, 5.41) is 9.31. The second-order valence-corrected chi connectivity index (χ2v) is 4.95. The lowest BCUT2D eigenvalue weighted by molar-refractivity contribution is -0.143. The van der Waals surface area contributed by atoms with Crippen LogP contribution in [-0.2, 0) is 4.79 Å². The van der Waals surface area contributed by atoms with Gasteiger partial charge < -0.3 is 5.11 Å². The van der Waals surface area contributed by atoms with Crippen molar-refractivity contribution < 1.29 is 9.90 Å². The van der Waals surface area contributed by atoms with Crippen molar-refractivity contribution in [2.24, 2.45) is 0 Å². The molecule has 0 aromatic heterocycles. The lowest BCUT2D eigenvalue weighted by Gasteiger charge is -2.31. The van der Waals surface area contributed by atoms with Crippen LogP contribution in [0, 0.1) is 0 Å². The number of carbonyl (C=O) groups is 1. The highest BCUT2D eigenvalue weighted by atomic mass is 16.4. The van der Waals surface area contributed by atoms with Gasteiger partial charge >= 0.3 is 5.97 Å². The molecule has 98 valence electrons. The molecule has 1 fully saturated rings. The van der Waals surface area contributed by atoms with E-state index < -0.39 is 5.97 Å². The average molecular weight is 247 g/mol. The van der Waals surface area contributed by atoms with Crippen molar-refractivity contribution >= 4 is 5.97 Å². The Labute approximate surface area is 108 Å². The number of rotatable bonds is 5. The SMILES string of the molecule is CCCC(c1ccccc1)N1CCCC1C(=O)O. The zero-order chi connectivity index (χ0) is 13.0. The molecule has 1 aromatic rings. The van der Waals surface area contributed by atoms with Gasteiger partial charge in [0, 0.05) is 6.04 Å². The van der Waals surface area contributed by atoms with E-state index in [1.807, 2.05) is 18.2 Å². The number of aliphatic carboxylic acids is 1. The van der Waals surface area contributed by atoms with E-state index in [0.29, 0.717) is 0 Å². The molecular weight excluding hydrogens is 226 g/mol. The lowest BCUT2D eigenvalue weighted by Crippen LogP contribution is -2.38. The predicted octanol–water partition coefficient (Wildman–Crippen LogP) is 3.08. The first-order chi connectivity index (χ1) is 8.74. The van der Waals surface area contributed by atoms with E-state index in [-0.39, 0.29) is 12.1 Å². The molecule has 0 saturated carbocycles. The van der Waals surface area contributed by atoms with E-state index in [0.717, 1.165) is 32.2 Å². The molecule has 1 N–H and O–H groups in total. The molecular formula is C15H21NO2. The van der Waals surface area contributed by atoms with Crippen LogP contribution < -0.4 is 0 Å². The zero-order valence-corrected chi connectivity index (χ0v) is 10.9. The first kappa shape index (κ1) is 13.1. The molecule has 1 aromatic carbocycles. The van der Waals surface area contributed by atoms with Crippen LogP contribution >= 0.6 is 0 Å². The fraction of sp³-hybridized carbons (Fsp3) is 0.533. The largest absolute Gasteiger partial charge is 0.480 e. The summed E-state index contributed by atoms with van der Waals surface area (Å²) < 4.78 is 0. The molecule has 0 amide bonds. The minimum absolute atomic E-state index is 0.250. The summed E-state index contributed by atoms with van der Waals surface area (Å²) in [5.41, 5.74) is 1.24. The van der Waals surface area contributed by atoms with Crippen LogP contribution in [0.2, 0.25) is 0 Å². The van der Waals surface area contributed by atoms with Crippen LogP contribution in [0.4, 0.5) is 0 Å². The monoisotopic (exact) mass is 247 g/mol. The molecule has 1 saturated heterocycles. The van der Waals surface area contributed by atoms with Crippen molar-refractivity contribution in [1.82, 2.24) is 4.90 Å². The Bertz CT molecular complexity index is 391. The van der Waals surface area contributed by atoms with Gasteiger partial charge in [-0.2, -0.15) is 0 Å². The van der Waals surface area contributed by atoms with Crippen LogP contribution in [-0.4, -0.2) is 28.6 Å². The van der Waals surface area contributed by atoms with Crippen LogP contribution in [0.5, 0.6) is 0 Å². The number of hydrogen-bond donors (Lipinski definition) is 1. The summed E-state index contributed by atoms with van der Waals surface area (Å²) in [4.78, 5) is 13.5. The maximum Gasteiger partial charge on any atom is 0.320 e. The maximum absolute atomic E-state index is 11.3. The van der Waals surface area contributed by atoms with Gasteiger partial charge in [0.05, 0.1) is 0 Å². The number of carboxylic acids is 1. The Balaban J connectivity index is 2.22. The fourth-order valence-electron chi connectivity index (χ4n) is 2.90. The third kappa shape index (κ3) is 2.72. The van der Waals surface area contributed by atoms with Crippen molar-refractivity contribution in [2.75, 3.05) is 6.54 Å². The maximum atomic E-state index is 11.3. The summed E-state index contributed by atoms with van der Waals surface area (Å²) in [7, 11) is 0. The summed E-state index contributed by atoms with van der Waals surface area (Å²) in [6, 6.07) is 10.2. The van der Waals surface area contributed by atoms with Gasteiger partial charge in [0.25, 0.3) is 0 Å². The Hall–Kier alpha value is -1.35. The zero-order valence-electron chi connectivity index (χ0n) is 10.9. The molecule has 2 rings (SSSR count). The standard InChI is InChI=1S/C15H21NO2/c1-2-7-13(12-8-4-3-5-9-12)16-11-6-10-14(16)15(17)18/h3-5,8-9,13-14H,2,6-7,10-11H2,1H3,(H,17,18). The second kappa shape index (κ2) is 6.01. The number of likely N-dealkylation sites (tertiary alicyclic amines) is 1. The number of carboxylic acid groups (broad SMARTS) is 1. The molecule has 18 heavy (non-hydrogen) atoms. The third-order valence-electron chi connectivity index (χ3n) is 3.73. The molecule has 0 spiro atoms. The molecule has 2 unspecified atom stereocenters. The summed E-state index contributed by atoms with van der Waals surface area (Å²) in [6.07, 6.45) is 3.86. The number of nitrogens with zero attached hydrogens (tertiary/aromatic N) is 1. The Morgan fingerprint density at radius 2 is 2.17 bits per heavy atom. The second-order valence-electron chi connectivity index (χ2n) is 4.95. The Kier molecular flexibility index (Phi) is 4.37. The van der Waals surface area contributed by atoms with Gasteiger partial charge in [0.15, 0.2) is 0 Å². The normalized spacial score (nSPS) is 21.9. The van der Waals surface area contributed by atoms with Crippen LogP contribution in [0.15, 0.2) is 30.3 Å². The van der Waals surface area contributed by atoms with Crippen LogP contribution in [0.3, 0.4) is 0 Å². The quantitative estimate of drug-likeness (QED) is 0.869. The van der Waals surface area contributed by atoms with Crippen molar-refractivity contribution in [3.8, 4) is 0 Å². The smallest absolute Gasteiger partial charge is 0.320 e. The highest BCUT2D eigenvalue weighted by Gasteiger charge is 2.35. The van der Waals surface area contributed by atoms with Gasteiger partial charge in [-0.3, -0.25) is 9.69 Å². The van der Waals surface area contributed by atoms with E-state index in [2.05, 4.69) is 24.0 Å². The van der Waals surface area contributed by atoms with Crippen LogP contribution in [0.25, 0.3) is 0 Å². The van der Waals surface area contributed by atoms with Gasteiger partial charge in [0.1, 0.15) is 6.04 Å². The van der Waals surface area contributed by atoms with Gasteiger partial charge in [-0.1, -0.05) is 43.7 Å². The molecule has 1 aliphatic heterocycles. The van der Waals surface area contributed by atoms with Crippen molar-refractivity contribution in [3.05, 3.63) is 35.9 Å². The van der Waals surface area contributed by atoms with Gasteiger partial charge in [-0.25, -0.2) is 0 Å². The molecule has 3 nitrogen and oxygen atoms in total. The number of hydrogen-bond acceptors (Lipinski definition) is 2. The molecule has 3 heteroatoms. The predicted molar refractivity (Wildman–Crippen MR) is 71.5 cm³/mol. The van der Waals surface area contributed by atoms with E-state index in [9.17, 15) is 9.90 Å². The van der Waals surface area contributed by atoms with E-state index in [1.54, 1.807) is 0 Å². The van der Waals surface area contributed by atoms with Gasteiger partial charge in [0.2, 0.25) is 0 Å². The highest BCUT2D eigenvalue weighted by Crippen LogP contribution is 2.32. The minimum Gasteiger partial charge on any atom is -0.480 e. The first-order valence-electron chi connectivity index (χ1n) is 6.77. The van der Waals surface area contributed by atoms with Crippen LogP contribution in [0.1, 0.15) is 44.2 Å². The van der Waals surface area contributed by atoms with E-state index in [4.69, 9.17) is 0 Å². The van der Waals surface area contributed by atoms with Crippen molar-refractivity contribution in [3.63, 3.8) is 0 Å². The molecule has 2 atom stereocenters.